The van der Waals surface area contributed by atoms with E-state index in [1.54, 1.807) is 12.4 Å². The van der Waals surface area contributed by atoms with Crippen LogP contribution in [0.15, 0.2) is 37.1 Å². The Morgan fingerprint density at radius 2 is 2.36 bits per heavy atom. The third kappa shape index (κ3) is 2.96. The number of imidazole rings is 1. The van der Waals surface area contributed by atoms with Gasteiger partial charge in [-0.2, -0.15) is 5.10 Å². The summed E-state index contributed by atoms with van der Waals surface area (Å²) in [4.78, 5) is 23.8. The van der Waals surface area contributed by atoms with Gasteiger partial charge in [0.05, 0.1) is 37.2 Å². The van der Waals surface area contributed by atoms with Crippen molar-refractivity contribution in [3.05, 3.63) is 42.7 Å². The molecule has 0 saturated carbocycles. The molecular weight excluding hydrogens is 358 g/mol. The molecule has 5 heterocycles. The Morgan fingerprint density at radius 1 is 1.39 bits per heavy atom. The Kier molecular flexibility index (Phi) is 4.33. The van der Waals surface area contributed by atoms with Crippen LogP contribution in [-0.4, -0.2) is 68.4 Å². The lowest BCUT2D eigenvalue weighted by Crippen LogP contribution is -2.46. The smallest absolute Gasteiger partial charge is 0.230 e. The molecule has 9 heteroatoms. The molecule has 1 amide bonds. The lowest BCUT2D eigenvalue weighted by Gasteiger charge is -2.26. The molecule has 2 atom stereocenters. The molecule has 3 aromatic rings. The van der Waals surface area contributed by atoms with Crippen LogP contribution in [0, 0.1) is 11.3 Å². The number of nitrogens with one attached hydrogen (secondary N) is 2. The molecule has 146 valence electrons. The summed E-state index contributed by atoms with van der Waals surface area (Å²) in [5, 5.41) is 11.2. The van der Waals surface area contributed by atoms with Crippen molar-refractivity contribution in [1.82, 2.24) is 34.9 Å². The van der Waals surface area contributed by atoms with Crippen molar-refractivity contribution >= 4 is 16.9 Å². The normalized spacial score (nSPS) is 24.6. The second-order valence-corrected chi connectivity index (χ2v) is 7.66. The fourth-order valence-corrected chi connectivity index (χ4v) is 4.39. The SMILES string of the molecule is O=C(NCc1[nH]nc2ncccc12)[C@@]12COC[C@@H]1CN(CCn1ccnc1)C2. The lowest BCUT2D eigenvalue weighted by atomic mass is 9.80. The van der Waals surface area contributed by atoms with Crippen LogP contribution >= 0.6 is 0 Å². The van der Waals surface area contributed by atoms with Crippen molar-refractivity contribution < 1.29 is 9.53 Å². The van der Waals surface area contributed by atoms with Gasteiger partial charge in [-0.15, -0.1) is 0 Å². The zero-order chi connectivity index (χ0) is 19.0. The zero-order valence-electron chi connectivity index (χ0n) is 15.5. The number of H-pyrrole nitrogens is 1. The fraction of sp³-hybridized carbons (Fsp3) is 0.474. The second kappa shape index (κ2) is 6.99. The van der Waals surface area contributed by atoms with Crippen LogP contribution in [0.1, 0.15) is 5.69 Å². The Hall–Kier alpha value is -2.78. The standard InChI is InChI=1S/C19H23N7O2/c27-18(22-8-16-15-2-1-3-21-17(15)24-23-16)19-11-26(9-14(19)10-28-12-19)7-6-25-5-4-20-13-25/h1-5,13-14H,6-12H2,(H,22,27)(H,21,23,24)/t14-,19-/m0/s1. The molecule has 0 spiro atoms. The number of fused-ring (bicyclic) bond motifs is 2. The van der Waals surface area contributed by atoms with E-state index in [0.29, 0.717) is 25.4 Å². The van der Waals surface area contributed by atoms with Crippen molar-refractivity contribution in [2.45, 2.75) is 13.1 Å². The van der Waals surface area contributed by atoms with E-state index >= 15 is 0 Å². The average Bonchev–Trinajstić information content (AvgIpc) is 3.47. The highest BCUT2D eigenvalue weighted by Gasteiger charge is 2.55. The number of carbonyl (C=O) groups excluding carboxylic acids is 1. The fourth-order valence-electron chi connectivity index (χ4n) is 4.39. The maximum atomic E-state index is 13.2. The number of aromatic nitrogens is 5. The predicted molar refractivity (Wildman–Crippen MR) is 101 cm³/mol. The number of nitrogens with zero attached hydrogens (tertiary/aromatic N) is 5. The summed E-state index contributed by atoms with van der Waals surface area (Å²) >= 11 is 0. The highest BCUT2D eigenvalue weighted by molar-refractivity contribution is 5.85. The summed E-state index contributed by atoms with van der Waals surface area (Å²) in [5.74, 6) is 0.294. The van der Waals surface area contributed by atoms with E-state index in [-0.39, 0.29) is 11.8 Å². The number of amides is 1. The van der Waals surface area contributed by atoms with E-state index in [0.717, 1.165) is 37.3 Å². The van der Waals surface area contributed by atoms with Crippen molar-refractivity contribution in [1.29, 1.82) is 0 Å². The maximum Gasteiger partial charge on any atom is 0.230 e. The number of aromatic amines is 1. The van der Waals surface area contributed by atoms with Gasteiger partial charge in [-0.3, -0.25) is 14.8 Å². The molecule has 0 bridgehead atoms. The summed E-state index contributed by atoms with van der Waals surface area (Å²) in [6.45, 7) is 4.92. The van der Waals surface area contributed by atoms with Gasteiger partial charge < -0.3 is 14.6 Å². The molecule has 0 aromatic carbocycles. The largest absolute Gasteiger partial charge is 0.380 e. The number of carbonyl (C=O) groups is 1. The molecule has 2 fully saturated rings. The van der Waals surface area contributed by atoms with Gasteiger partial charge in [0.25, 0.3) is 0 Å². The topological polar surface area (TPSA) is 101 Å². The first kappa shape index (κ1) is 17.3. The molecule has 5 rings (SSSR count). The van der Waals surface area contributed by atoms with Crippen molar-refractivity contribution in [2.75, 3.05) is 32.8 Å². The summed E-state index contributed by atoms with van der Waals surface area (Å²) in [7, 11) is 0. The Bertz CT molecular complexity index is 970. The Balaban J connectivity index is 1.25. The minimum absolute atomic E-state index is 0.0618. The van der Waals surface area contributed by atoms with E-state index < -0.39 is 5.41 Å². The van der Waals surface area contributed by atoms with Gasteiger partial charge in [0.15, 0.2) is 5.65 Å². The van der Waals surface area contributed by atoms with Gasteiger partial charge in [0, 0.05) is 56.1 Å². The molecule has 2 N–H and O–H groups in total. The van der Waals surface area contributed by atoms with E-state index in [4.69, 9.17) is 4.74 Å². The third-order valence-corrected chi connectivity index (χ3v) is 5.96. The van der Waals surface area contributed by atoms with Crippen LogP contribution in [0.5, 0.6) is 0 Å². The van der Waals surface area contributed by atoms with Crippen molar-refractivity contribution in [3.63, 3.8) is 0 Å². The minimum Gasteiger partial charge on any atom is -0.380 e. The van der Waals surface area contributed by atoms with E-state index in [2.05, 4.69) is 34.9 Å². The molecule has 28 heavy (non-hydrogen) atoms. The van der Waals surface area contributed by atoms with Crippen molar-refractivity contribution in [2.24, 2.45) is 11.3 Å². The molecule has 2 aliphatic heterocycles. The van der Waals surface area contributed by atoms with E-state index in [9.17, 15) is 4.79 Å². The number of hydrogen-bond acceptors (Lipinski definition) is 6. The molecule has 3 aromatic heterocycles. The average molecular weight is 381 g/mol. The molecule has 0 aliphatic carbocycles. The molecule has 0 unspecified atom stereocenters. The number of hydrogen-bond donors (Lipinski definition) is 2. The Morgan fingerprint density at radius 3 is 3.25 bits per heavy atom. The van der Waals surface area contributed by atoms with Gasteiger partial charge in [0.2, 0.25) is 5.91 Å². The van der Waals surface area contributed by atoms with Crippen LogP contribution < -0.4 is 5.32 Å². The van der Waals surface area contributed by atoms with Crippen LogP contribution in [0.25, 0.3) is 11.0 Å². The summed E-state index contributed by atoms with van der Waals surface area (Å²) in [6, 6.07) is 3.83. The number of ether oxygens (including phenoxy) is 1. The number of likely N-dealkylation sites (tertiary alicyclic amines) is 1. The first-order valence-electron chi connectivity index (χ1n) is 9.57. The lowest BCUT2D eigenvalue weighted by molar-refractivity contribution is -0.131. The van der Waals surface area contributed by atoms with Crippen LogP contribution in [0.4, 0.5) is 0 Å². The summed E-state index contributed by atoms with van der Waals surface area (Å²) in [5.41, 5.74) is 1.07. The summed E-state index contributed by atoms with van der Waals surface area (Å²) in [6.07, 6.45) is 7.29. The molecule has 2 aliphatic rings. The summed E-state index contributed by atoms with van der Waals surface area (Å²) < 4.78 is 7.77. The second-order valence-electron chi connectivity index (χ2n) is 7.66. The molecular formula is C19H23N7O2. The molecule has 9 nitrogen and oxygen atoms in total. The molecule has 2 saturated heterocycles. The Labute approximate surface area is 162 Å². The number of pyridine rings is 1. The van der Waals surface area contributed by atoms with Crippen LogP contribution in [0.2, 0.25) is 0 Å². The van der Waals surface area contributed by atoms with E-state index in [1.807, 2.05) is 24.7 Å². The first-order chi connectivity index (χ1) is 13.7. The van der Waals surface area contributed by atoms with Gasteiger partial charge in [-0.25, -0.2) is 9.97 Å². The maximum absolute atomic E-state index is 13.2. The van der Waals surface area contributed by atoms with Crippen LogP contribution in [-0.2, 0) is 22.6 Å². The van der Waals surface area contributed by atoms with Gasteiger partial charge >= 0.3 is 0 Å². The highest BCUT2D eigenvalue weighted by Crippen LogP contribution is 2.41. The predicted octanol–water partition coefficient (Wildman–Crippen LogP) is 0.419. The minimum atomic E-state index is -0.469. The monoisotopic (exact) mass is 381 g/mol. The van der Waals surface area contributed by atoms with Gasteiger partial charge in [0.1, 0.15) is 0 Å². The first-order valence-corrected chi connectivity index (χ1v) is 9.57. The zero-order valence-corrected chi connectivity index (χ0v) is 15.5. The highest BCUT2D eigenvalue weighted by atomic mass is 16.5. The quantitative estimate of drug-likeness (QED) is 0.642. The van der Waals surface area contributed by atoms with E-state index in [1.165, 1.54) is 0 Å². The van der Waals surface area contributed by atoms with Crippen LogP contribution in [0.3, 0.4) is 0 Å². The van der Waals surface area contributed by atoms with Crippen molar-refractivity contribution in [3.8, 4) is 0 Å². The van der Waals surface area contributed by atoms with Gasteiger partial charge in [-0.05, 0) is 12.1 Å². The molecule has 0 radical (unpaired) electrons. The van der Waals surface area contributed by atoms with Gasteiger partial charge in [-0.1, -0.05) is 0 Å². The number of rotatable bonds is 6. The third-order valence-electron chi connectivity index (χ3n) is 5.96.